The van der Waals surface area contributed by atoms with E-state index >= 15 is 0 Å². The monoisotopic (exact) mass is 303 g/mol. The van der Waals surface area contributed by atoms with Crippen molar-refractivity contribution in [3.63, 3.8) is 0 Å². The highest BCUT2D eigenvalue weighted by atomic mass is 79.9. The van der Waals surface area contributed by atoms with Crippen LogP contribution in [0.4, 0.5) is 4.48 Å². The highest BCUT2D eigenvalue weighted by molar-refractivity contribution is 9.10. The fourth-order valence-corrected chi connectivity index (χ4v) is 1.38. The third-order valence-electron chi connectivity index (χ3n) is 2.03. The van der Waals surface area contributed by atoms with Gasteiger partial charge in [0.2, 0.25) is 0 Å². The summed E-state index contributed by atoms with van der Waals surface area (Å²) in [5, 5.41) is 0.000157. The van der Waals surface area contributed by atoms with Gasteiger partial charge in [0.25, 0.3) is 5.91 Å². The van der Waals surface area contributed by atoms with Crippen molar-refractivity contribution in [3.05, 3.63) is 34.3 Å². The summed E-state index contributed by atoms with van der Waals surface area (Å²) in [5.41, 5.74) is 0.633. The van der Waals surface area contributed by atoms with Crippen LogP contribution in [-0.4, -0.2) is 24.1 Å². The largest absolute Gasteiger partial charge is 0.469 e. The summed E-state index contributed by atoms with van der Waals surface area (Å²) < 4.78 is 18.5. The lowest BCUT2D eigenvalue weighted by atomic mass is 10.2. The molecule has 0 aliphatic carbocycles. The lowest BCUT2D eigenvalue weighted by Crippen LogP contribution is -2.25. The predicted molar refractivity (Wildman–Crippen MR) is 62.4 cm³/mol. The standard InChI is InChI=1S/C11H11BrFNO3/c1-17-11(16)6-10(15)14(13)7-8-2-4-9(12)5-3-8/h2-5H,6-7H2,1H3. The van der Waals surface area contributed by atoms with E-state index in [0.717, 1.165) is 11.6 Å². The van der Waals surface area contributed by atoms with E-state index in [1.807, 2.05) is 0 Å². The average Bonchev–Trinajstić information content (AvgIpc) is 2.31. The number of amides is 1. The number of hydrogen-bond acceptors (Lipinski definition) is 3. The Bertz CT molecular complexity index is 408. The SMILES string of the molecule is COC(=O)CC(=O)N(F)Cc1ccc(Br)cc1. The molecule has 4 nitrogen and oxygen atoms in total. The molecule has 1 rings (SSSR count). The van der Waals surface area contributed by atoms with Crippen molar-refractivity contribution in [1.82, 2.24) is 5.12 Å². The van der Waals surface area contributed by atoms with Crippen LogP contribution in [0.25, 0.3) is 0 Å². The third-order valence-corrected chi connectivity index (χ3v) is 2.56. The maximum Gasteiger partial charge on any atom is 0.315 e. The van der Waals surface area contributed by atoms with Crippen LogP contribution in [-0.2, 0) is 20.9 Å². The normalized spacial score (nSPS) is 9.82. The van der Waals surface area contributed by atoms with Crippen LogP contribution in [0.15, 0.2) is 28.7 Å². The van der Waals surface area contributed by atoms with Crippen LogP contribution in [0.3, 0.4) is 0 Å². The molecule has 0 aliphatic heterocycles. The molecule has 0 fully saturated rings. The molecule has 17 heavy (non-hydrogen) atoms. The Kier molecular flexibility index (Phi) is 5.09. The van der Waals surface area contributed by atoms with Gasteiger partial charge in [0.05, 0.1) is 13.7 Å². The molecular weight excluding hydrogens is 293 g/mol. The first-order valence-electron chi connectivity index (χ1n) is 4.80. The van der Waals surface area contributed by atoms with Crippen molar-refractivity contribution in [3.8, 4) is 0 Å². The van der Waals surface area contributed by atoms with Crippen LogP contribution >= 0.6 is 15.9 Å². The van der Waals surface area contributed by atoms with Crippen molar-refractivity contribution >= 4 is 27.8 Å². The minimum absolute atomic E-state index is 0.000157. The van der Waals surface area contributed by atoms with Crippen LogP contribution in [0.2, 0.25) is 0 Å². The van der Waals surface area contributed by atoms with Crippen LogP contribution in [0.5, 0.6) is 0 Å². The topological polar surface area (TPSA) is 46.6 Å². The van der Waals surface area contributed by atoms with Gasteiger partial charge in [-0.2, -0.15) is 5.12 Å². The lowest BCUT2D eigenvalue weighted by Gasteiger charge is -2.11. The van der Waals surface area contributed by atoms with E-state index < -0.39 is 18.3 Å². The first-order valence-corrected chi connectivity index (χ1v) is 5.59. The third kappa shape index (κ3) is 4.52. The second-order valence-electron chi connectivity index (χ2n) is 3.29. The molecule has 0 bridgehead atoms. The van der Waals surface area contributed by atoms with Crippen LogP contribution in [0.1, 0.15) is 12.0 Å². The molecule has 0 aromatic heterocycles. The Balaban J connectivity index is 2.54. The average molecular weight is 304 g/mol. The Morgan fingerprint density at radius 2 is 1.94 bits per heavy atom. The van der Waals surface area contributed by atoms with Crippen molar-refractivity contribution in [1.29, 1.82) is 0 Å². The summed E-state index contributed by atoms with van der Waals surface area (Å²) in [7, 11) is 1.15. The van der Waals surface area contributed by atoms with Gasteiger partial charge in [0.1, 0.15) is 6.42 Å². The van der Waals surface area contributed by atoms with E-state index in [1.54, 1.807) is 24.3 Å². The lowest BCUT2D eigenvalue weighted by molar-refractivity contribution is -0.155. The van der Waals surface area contributed by atoms with E-state index in [0.29, 0.717) is 5.56 Å². The maximum atomic E-state index is 13.3. The molecule has 6 heteroatoms. The van der Waals surface area contributed by atoms with Gasteiger partial charge in [-0.05, 0) is 17.7 Å². The molecule has 92 valence electrons. The summed E-state index contributed by atoms with van der Waals surface area (Å²) >= 11 is 3.25. The quantitative estimate of drug-likeness (QED) is 0.487. The Morgan fingerprint density at radius 3 is 2.47 bits per heavy atom. The number of esters is 1. The van der Waals surface area contributed by atoms with Gasteiger partial charge < -0.3 is 4.74 Å². The molecule has 0 aliphatic rings. The Labute approximate surface area is 106 Å². The van der Waals surface area contributed by atoms with Gasteiger partial charge >= 0.3 is 5.97 Å². The highest BCUT2D eigenvalue weighted by Gasteiger charge is 2.17. The van der Waals surface area contributed by atoms with Gasteiger partial charge in [-0.25, -0.2) is 0 Å². The summed E-state index contributed by atoms with van der Waals surface area (Å²) in [4.78, 5) is 22.0. The van der Waals surface area contributed by atoms with E-state index in [1.165, 1.54) is 0 Å². The van der Waals surface area contributed by atoms with E-state index in [4.69, 9.17) is 0 Å². The number of benzene rings is 1. The Morgan fingerprint density at radius 1 is 1.35 bits per heavy atom. The molecule has 0 spiro atoms. The molecule has 1 aromatic carbocycles. The molecule has 1 aromatic rings. The Hall–Kier alpha value is -1.43. The van der Waals surface area contributed by atoms with Crippen molar-refractivity contribution in [2.75, 3.05) is 7.11 Å². The fourth-order valence-electron chi connectivity index (χ4n) is 1.12. The summed E-state index contributed by atoms with van der Waals surface area (Å²) in [6, 6.07) is 6.85. The minimum Gasteiger partial charge on any atom is -0.469 e. The molecule has 0 radical (unpaired) electrons. The number of ether oxygens (including phenoxy) is 1. The summed E-state index contributed by atoms with van der Waals surface area (Å²) in [5.74, 6) is -1.67. The summed E-state index contributed by atoms with van der Waals surface area (Å²) in [6.07, 6.45) is -0.594. The minimum atomic E-state index is -0.917. The number of rotatable bonds is 4. The molecular formula is C11H11BrFNO3. The number of halogens is 2. The zero-order valence-corrected chi connectivity index (χ0v) is 10.7. The first kappa shape index (κ1) is 13.6. The van der Waals surface area contributed by atoms with Crippen LogP contribution < -0.4 is 0 Å². The molecule has 0 N–H and O–H groups in total. The molecule has 1 amide bonds. The number of methoxy groups -OCH3 is 1. The molecule has 0 unspecified atom stereocenters. The molecule has 0 saturated heterocycles. The zero-order chi connectivity index (χ0) is 12.8. The van der Waals surface area contributed by atoms with E-state index in [-0.39, 0.29) is 11.7 Å². The number of nitrogens with zero attached hydrogens (tertiary/aromatic N) is 1. The fraction of sp³-hybridized carbons (Fsp3) is 0.273. The number of carbonyl (C=O) groups is 2. The van der Waals surface area contributed by atoms with Crippen LogP contribution in [0, 0.1) is 0 Å². The summed E-state index contributed by atoms with van der Waals surface area (Å²) in [6.45, 7) is -0.191. The van der Waals surface area contributed by atoms with Gasteiger partial charge in [0, 0.05) is 4.47 Å². The van der Waals surface area contributed by atoms with Crippen molar-refractivity contribution in [2.24, 2.45) is 0 Å². The van der Waals surface area contributed by atoms with Gasteiger partial charge in [-0.3, -0.25) is 9.59 Å². The predicted octanol–water partition coefficient (Wildman–Crippen LogP) is 2.23. The smallest absolute Gasteiger partial charge is 0.315 e. The molecule has 0 heterocycles. The second-order valence-corrected chi connectivity index (χ2v) is 4.21. The van der Waals surface area contributed by atoms with Crippen molar-refractivity contribution in [2.45, 2.75) is 13.0 Å². The van der Waals surface area contributed by atoms with Gasteiger partial charge in [-0.1, -0.05) is 32.5 Å². The number of carbonyl (C=O) groups excluding carboxylic acids is 2. The maximum absolute atomic E-state index is 13.3. The second kappa shape index (κ2) is 6.34. The molecule has 0 saturated carbocycles. The highest BCUT2D eigenvalue weighted by Crippen LogP contribution is 2.13. The zero-order valence-electron chi connectivity index (χ0n) is 9.15. The van der Waals surface area contributed by atoms with E-state index in [2.05, 4.69) is 20.7 Å². The van der Waals surface area contributed by atoms with Gasteiger partial charge in [0.15, 0.2) is 0 Å². The van der Waals surface area contributed by atoms with E-state index in [9.17, 15) is 14.1 Å². The van der Waals surface area contributed by atoms with Gasteiger partial charge in [-0.15, -0.1) is 0 Å². The number of hydrogen-bond donors (Lipinski definition) is 0. The first-order chi connectivity index (χ1) is 8.02. The molecule has 0 atom stereocenters. The van der Waals surface area contributed by atoms with Crippen molar-refractivity contribution < 1.29 is 18.8 Å².